The summed E-state index contributed by atoms with van der Waals surface area (Å²) in [5, 5.41) is 8.77. The summed E-state index contributed by atoms with van der Waals surface area (Å²) in [6.45, 7) is 0.959. The Balaban J connectivity index is 2.01. The summed E-state index contributed by atoms with van der Waals surface area (Å²) in [7, 11) is 0. The molecular weight excluding hydrogens is 250 g/mol. The molecule has 2 rings (SSSR count). The van der Waals surface area contributed by atoms with E-state index < -0.39 is 11.6 Å². The molecule has 1 saturated heterocycles. The van der Waals surface area contributed by atoms with Crippen LogP contribution >= 0.6 is 0 Å². The second kappa shape index (κ2) is 5.79. The molecule has 0 unspecified atom stereocenters. The van der Waals surface area contributed by atoms with Crippen LogP contribution in [-0.2, 0) is 11.2 Å². The summed E-state index contributed by atoms with van der Waals surface area (Å²) < 4.78 is 26.9. The number of benzene rings is 1. The van der Waals surface area contributed by atoms with Gasteiger partial charge >= 0.3 is 0 Å². The lowest BCUT2D eigenvalue weighted by Crippen LogP contribution is -2.39. The highest BCUT2D eigenvalue weighted by Gasteiger charge is 2.24. The van der Waals surface area contributed by atoms with Crippen molar-refractivity contribution in [1.82, 2.24) is 4.90 Å². The summed E-state index contributed by atoms with van der Waals surface area (Å²) in [5.41, 5.74) is -0.185. The molecule has 1 fully saturated rings. The predicted octanol–water partition coefficient (Wildman–Crippen LogP) is 2.27. The monoisotopic (exact) mass is 264 g/mol. The second-order valence-electron chi connectivity index (χ2n) is 4.66. The van der Waals surface area contributed by atoms with Crippen LogP contribution in [-0.4, -0.2) is 23.9 Å². The standard InChI is InChI=1S/C14H14F2N2O/c15-12-2-1-3-13(16)11(12)8-14(19)18-6-4-10(9-17)5-7-18/h1-3,10H,4-8H2. The summed E-state index contributed by atoms with van der Waals surface area (Å²) in [4.78, 5) is 13.5. The molecular formula is C14H14F2N2O. The number of amides is 1. The fraction of sp³-hybridized carbons (Fsp3) is 0.429. The number of carbonyl (C=O) groups is 1. The fourth-order valence-electron chi connectivity index (χ4n) is 2.22. The molecule has 0 radical (unpaired) electrons. The molecule has 0 N–H and O–H groups in total. The number of nitriles is 1. The van der Waals surface area contributed by atoms with Crippen LogP contribution in [0.1, 0.15) is 18.4 Å². The van der Waals surface area contributed by atoms with E-state index in [4.69, 9.17) is 5.26 Å². The van der Waals surface area contributed by atoms with Crippen molar-refractivity contribution in [3.8, 4) is 6.07 Å². The van der Waals surface area contributed by atoms with Crippen LogP contribution in [0.15, 0.2) is 18.2 Å². The quantitative estimate of drug-likeness (QED) is 0.822. The van der Waals surface area contributed by atoms with Gasteiger partial charge in [0, 0.05) is 24.6 Å². The van der Waals surface area contributed by atoms with Gasteiger partial charge in [0.2, 0.25) is 5.91 Å². The third kappa shape index (κ3) is 3.08. The highest BCUT2D eigenvalue weighted by atomic mass is 19.1. The highest BCUT2D eigenvalue weighted by Crippen LogP contribution is 2.19. The van der Waals surface area contributed by atoms with Crippen molar-refractivity contribution in [2.24, 2.45) is 5.92 Å². The molecule has 1 aromatic rings. The Labute approximate surface area is 110 Å². The van der Waals surface area contributed by atoms with Gasteiger partial charge in [-0.25, -0.2) is 8.78 Å². The van der Waals surface area contributed by atoms with Gasteiger partial charge in [-0.05, 0) is 25.0 Å². The van der Waals surface area contributed by atoms with Crippen LogP contribution in [0, 0.1) is 28.9 Å². The normalized spacial score (nSPS) is 16.2. The zero-order chi connectivity index (χ0) is 13.8. The summed E-state index contributed by atoms with van der Waals surface area (Å²) in [6.07, 6.45) is 0.986. The molecule has 0 atom stereocenters. The average molecular weight is 264 g/mol. The van der Waals surface area contributed by atoms with E-state index in [0.717, 1.165) is 12.1 Å². The van der Waals surface area contributed by atoms with Crippen LogP contribution in [0.4, 0.5) is 8.78 Å². The number of likely N-dealkylation sites (tertiary alicyclic amines) is 1. The molecule has 100 valence electrons. The van der Waals surface area contributed by atoms with Crippen LogP contribution < -0.4 is 0 Å². The first-order valence-electron chi connectivity index (χ1n) is 6.22. The van der Waals surface area contributed by atoms with Gasteiger partial charge in [-0.1, -0.05) is 6.07 Å². The van der Waals surface area contributed by atoms with Gasteiger partial charge in [-0.2, -0.15) is 5.26 Å². The first-order chi connectivity index (χ1) is 9.11. The molecule has 0 bridgehead atoms. The van der Waals surface area contributed by atoms with E-state index in [0.29, 0.717) is 25.9 Å². The number of carbonyl (C=O) groups excluding carboxylic acids is 1. The molecule has 0 saturated carbocycles. The van der Waals surface area contributed by atoms with Gasteiger partial charge in [0.15, 0.2) is 0 Å². The number of hydrogen-bond acceptors (Lipinski definition) is 2. The van der Waals surface area contributed by atoms with Crippen molar-refractivity contribution in [2.75, 3.05) is 13.1 Å². The maximum absolute atomic E-state index is 13.4. The number of piperidine rings is 1. The van der Waals surface area contributed by atoms with Crippen molar-refractivity contribution in [3.05, 3.63) is 35.4 Å². The van der Waals surface area contributed by atoms with Crippen molar-refractivity contribution in [3.63, 3.8) is 0 Å². The van der Waals surface area contributed by atoms with Gasteiger partial charge in [-0.15, -0.1) is 0 Å². The van der Waals surface area contributed by atoms with Crippen molar-refractivity contribution < 1.29 is 13.6 Å². The summed E-state index contributed by atoms with van der Waals surface area (Å²) in [6, 6.07) is 5.74. The SMILES string of the molecule is N#CC1CCN(C(=O)Cc2c(F)cccc2F)CC1. The Morgan fingerprint density at radius 2 is 1.89 bits per heavy atom. The number of halogens is 2. The first kappa shape index (κ1) is 13.5. The molecule has 1 aliphatic rings. The second-order valence-corrected chi connectivity index (χ2v) is 4.66. The zero-order valence-electron chi connectivity index (χ0n) is 10.4. The van der Waals surface area contributed by atoms with Gasteiger partial charge in [0.25, 0.3) is 0 Å². The predicted molar refractivity (Wildman–Crippen MR) is 65.0 cm³/mol. The average Bonchev–Trinajstić information content (AvgIpc) is 2.43. The van der Waals surface area contributed by atoms with Crippen molar-refractivity contribution >= 4 is 5.91 Å². The molecule has 3 nitrogen and oxygen atoms in total. The number of rotatable bonds is 2. The molecule has 1 heterocycles. The Morgan fingerprint density at radius 3 is 2.42 bits per heavy atom. The zero-order valence-corrected chi connectivity index (χ0v) is 10.4. The smallest absolute Gasteiger partial charge is 0.227 e. The topological polar surface area (TPSA) is 44.1 Å². The van der Waals surface area contributed by atoms with E-state index in [1.54, 1.807) is 4.90 Å². The maximum atomic E-state index is 13.4. The Hall–Kier alpha value is -1.96. The van der Waals surface area contributed by atoms with E-state index in [1.807, 2.05) is 0 Å². The van der Waals surface area contributed by atoms with Gasteiger partial charge in [0.05, 0.1) is 12.5 Å². The van der Waals surface area contributed by atoms with Gasteiger partial charge < -0.3 is 4.90 Å². The van der Waals surface area contributed by atoms with Crippen molar-refractivity contribution in [2.45, 2.75) is 19.3 Å². The van der Waals surface area contributed by atoms with Crippen LogP contribution in [0.25, 0.3) is 0 Å². The third-order valence-electron chi connectivity index (χ3n) is 3.42. The molecule has 19 heavy (non-hydrogen) atoms. The molecule has 0 aliphatic carbocycles. The molecule has 1 aromatic carbocycles. The van der Waals surface area contributed by atoms with Crippen LogP contribution in [0.2, 0.25) is 0 Å². The minimum Gasteiger partial charge on any atom is -0.342 e. The first-order valence-corrected chi connectivity index (χ1v) is 6.22. The highest BCUT2D eigenvalue weighted by molar-refractivity contribution is 5.79. The van der Waals surface area contributed by atoms with E-state index in [-0.39, 0.29) is 23.8 Å². The lowest BCUT2D eigenvalue weighted by Gasteiger charge is -2.29. The molecule has 0 spiro atoms. The third-order valence-corrected chi connectivity index (χ3v) is 3.42. The lowest BCUT2D eigenvalue weighted by atomic mass is 9.98. The Bertz CT molecular complexity index is 496. The largest absolute Gasteiger partial charge is 0.342 e. The molecule has 5 heteroatoms. The maximum Gasteiger partial charge on any atom is 0.227 e. The van der Waals surface area contributed by atoms with Crippen molar-refractivity contribution in [1.29, 1.82) is 5.26 Å². The number of hydrogen-bond donors (Lipinski definition) is 0. The van der Waals surface area contributed by atoms with E-state index >= 15 is 0 Å². The van der Waals surface area contributed by atoms with Crippen LogP contribution in [0.5, 0.6) is 0 Å². The molecule has 1 amide bonds. The lowest BCUT2D eigenvalue weighted by molar-refractivity contribution is -0.131. The summed E-state index contributed by atoms with van der Waals surface area (Å²) >= 11 is 0. The summed E-state index contributed by atoms with van der Waals surface area (Å²) in [5.74, 6) is -1.70. The molecule has 0 aromatic heterocycles. The minimum atomic E-state index is -0.694. The van der Waals surface area contributed by atoms with Gasteiger partial charge in [0.1, 0.15) is 11.6 Å². The fourth-order valence-corrected chi connectivity index (χ4v) is 2.22. The van der Waals surface area contributed by atoms with Crippen LogP contribution in [0.3, 0.4) is 0 Å². The Morgan fingerprint density at radius 1 is 1.32 bits per heavy atom. The van der Waals surface area contributed by atoms with E-state index in [9.17, 15) is 13.6 Å². The van der Waals surface area contributed by atoms with E-state index in [1.165, 1.54) is 6.07 Å². The minimum absolute atomic E-state index is 0.0192. The van der Waals surface area contributed by atoms with Gasteiger partial charge in [-0.3, -0.25) is 4.79 Å². The Kier molecular flexibility index (Phi) is 4.10. The van der Waals surface area contributed by atoms with E-state index in [2.05, 4.69) is 6.07 Å². The molecule has 1 aliphatic heterocycles. The number of nitrogens with zero attached hydrogens (tertiary/aromatic N) is 2.